The molecule has 0 saturated carbocycles. The summed E-state index contributed by atoms with van der Waals surface area (Å²) in [4.78, 5) is 8.11. The number of benzene rings is 1. The molecular formula is C6H7HgNO2. The summed E-state index contributed by atoms with van der Waals surface area (Å²) in [6.45, 7) is 0. The molecule has 0 atom stereocenters. The van der Waals surface area contributed by atoms with Crippen LogP contribution in [0.15, 0.2) is 41.7 Å². The van der Waals surface area contributed by atoms with Crippen molar-refractivity contribution >= 4 is 0 Å². The third-order valence-corrected chi connectivity index (χ3v) is 0.667. The summed E-state index contributed by atoms with van der Waals surface area (Å²) in [7, 11) is 0. The van der Waals surface area contributed by atoms with Gasteiger partial charge in [-0.3, -0.25) is 0 Å². The summed E-state index contributed by atoms with van der Waals surface area (Å²) >= 11 is 0. The monoisotopic (exact) mass is 327 g/mol. The molecule has 3 nitrogen and oxygen atoms in total. The molecule has 0 unspecified atom stereocenters. The first-order valence-electron chi connectivity index (χ1n) is 2.38. The Bertz CT molecular complexity index is 119. The maximum absolute atomic E-state index is 8.11. The van der Waals surface area contributed by atoms with Gasteiger partial charge in [0.25, 0.3) is 0 Å². The molecule has 4 heteroatoms. The van der Waals surface area contributed by atoms with Gasteiger partial charge in [0.05, 0.1) is 0 Å². The van der Waals surface area contributed by atoms with Crippen molar-refractivity contribution < 1.29 is 32.9 Å². The van der Waals surface area contributed by atoms with Crippen LogP contribution in [-0.2, 0) is 27.7 Å². The molecule has 0 aromatic heterocycles. The van der Waals surface area contributed by atoms with E-state index in [2.05, 4.69) is 0 Å². The van der Waals surface area contributed by atoms with E-state index in [-0.39, 0.29) is 27.7 Å². The maximum Gasteiger partial charge on any atom is 0.152 e. The van der Waals surface area contributed by atoms with Crippen molar-refractivity contribution in [2.24, 2.45) is 5.34 Å². The quantitative estimate of drug-likeness (QED) is 0.449. The van der Waals surface area contributed by atoms with Crippen LogP contribution in [0, 0.1) is 4.91 Å². The van der Waals surface area contributed by atoms with Crippen LogP contribution in [0.25, 0.3) is 0 Å². The van der Waals surface area contributed by atoms with E-state index in [0.717, 1.165) is 0 Å². The fourth-order valence-corrected chi connectivity index (χ4v) is 0.385. The summed E-state index contributed by atoms with van der Waals surface area (Å²) in [5.74, 6) is 0. The van der Waals surface area contributed by atoms with E-state index in [1.54, 1.807) is 0 Å². The Morgan fingerprint density at radius 3 is 1.10 bits per heavy atom. The second kappa shape index (κ2) is 11.4. The first kappa shape index (κ1) is 12.3. The van der Waals surface area contributed by atoms with E-state index in [4.69, 9.17) is 10.1 Å². The minimum absolute atomic E-state index is 0. The van der Waals surface area contributed by atoms with Crippen LogP contribution in [0.2, 0.25) is 0 Å². The van der Waals surface area contributed by atoms with Gasteiger partial charge in [-0.05, 0) is 0 Å². The SMILES string of the molecule is O=NO.[Hg].c1ccccc1. The third-order valence-electron chi connectivity index (χ3n) is 0.667. The van der Waals surface area contributed by atoms with E-state index >= 15 is 0 Å². The molecule has 1 N–H and O–H groups in total. The fourth-order valence-electron chi connectivity index (χ4n) is 0.385. The van der Waals surface area contributed by atoms with Gasteiger partial charge in [-0.2, -0.15) is 0 Å². The normalized spacial score (nSPS) is 6.00. The average Bonchev–Trinajstić information content (AvgIpc) is 1.93. The van der Waals surface area contributed by atoms with Gasteiger partial charge in [-0.25, -0.2) is 0 Å². The first-order valence-corrected chi connectivity index (χ1v) is 2.38. The fraction of sp³-hybridized carbons (Fsp3) is 0. The maximum atomic E-state index is 8.11. The number of hydrogen-bond acceptors (Lipinski definition) is 2. The predicted molar refractivity (Wildman–Crippen MR) is 34.0 cm³/mol. The Hall–Kier alpha value is -0.445. The summed E-state index contributed by atoms with van der Waals surface area (Å²) in [6, 6.07) is 12.0. The molecule has 50 valence electrons. The summed E-state index contributed by atoms with van der Waals surface area (Å²) in [6.07, 6.45) is 0. The molecule has 1 aromatic carbocycles. The molecule has 0 saturated heterocycles. The minimum atomic E-state index is 0. The molecule has 10 heavy (non-hydrogen) atoms. The van der Waals surface area contributed by atoms with Crippen LogP contribution < -0.4 is 0 Å². The summed E-state index contributed by atoms with van der Waals surface area (Å²) in [5, 5.41) is 7.89. The first-order chi connectivity index (χ1) is 4.41. The molecule has 0 fully saturated rings. The van der Waals surface area contributed by atoms with Crippen LogP contribution >= 0.6 is 0 Å². The van der Waals surface area contributed by atoms with Crippen molar-refractivity contribution in [3.8, 4) is 0 Å². The third kappa shape index (κ3) is 10.5. The minimum Gasteiger partial charge on any atom is -0.379 e. The van der Waals surface area contributed by atoms with Crippen LogP contribution in [0.1, 0.15) is 0 Å². The Kier molecular flexibility index (Phi) is 13.9. The molecule has 0 aliphatic carbocycles. The summed E-state index contributed by atoms with van der Waals surface area (Å²) in [5.41, 5.74) is 0. The Labute approximate surface area is 79.5 Å². The van der Waals surface area contributed by atoms with Crippen molar-refractivity contribution in [1.29, 1.82) is 0 Å². The van der Waals surface area contributed by atoms with Gasteiger partial charge in [-0.1, -0.05) is 36.4 Å². The largest absolute Gasteiger partial charge is 0.379 e. The van der Waals surface area contributed by atoms with E-state index in [1.165, 1.54) is 5.34 Å². The van der Waals surface area contributed by atoms with Crippen LogP contribution in [0.5, 0.6) is 0 Å². The van der Waals surface area contributed by atoms with Crippen LogP contribution in [-0.4, -0.2) is 5.21 Å². The zero-order valence-electron chi connectivity index (χ0n) is 5.47. The number of hydrogen-bond donors (Lipinski definition) is 1. The van der Waals surface area contributed by atoms with Gasteiger partial charge in [0.1, 0.15) is 0 Å². The smallest absolute Gasteiger partial charge is 0.152 e. The molecule has 1 aromatic rings. The van der Waals surface area contributed by atoms with E-state index in [1.807, 2.05) is 36.4 Å². The van der Waals surface area contributed by atoms with Gasteiger partial charge in [0.15, 0.2) is 5.34 Å². The van der Waals surface area contributed by atoms with Crippen LogP contribution in [0.3, 0.4) is 0 Å². The van der Waals surface area contributed by atoms with E-state index in [0.29, 0.717) is 0 Å². The second-order valence-electron chi connectivity index (χ2n) is 1.24. The molecule has 0 aliphatic rings. The molecular weight excluding hydrogens is 319 g/mol. The van der Waals surface area contributed by atoms with Crippen LogP contribution in [0.4, 0.5) is 0 Å². The average molecular weight is 326 g/mol. The Morgan fingerprint density at radius 1 is 0.900 bits per heavy atom. The van der Waals surface area contributed by atoms with Crippen molar-refractivity contribution in [1.82, 2.24) is 0 Å². The van der Waals surface area contributed by atoms with Gasteiger partial charge >= 0.3 is 0 Å². The van der Waals surface area contributed by atoms with Crippen molar-refractivity contribution in [3.63, 3.8) is 0 Å². The van der Waals surface area contributed by atoms with E-state index < -0.39 is 0 Å². The van der Waals surface area contributed by atoms with Gasteiger partial charge < -0.3 is 5.21 Å². The van der Waals surface area contributed by atoms with E-state index in [9.17, 15) is 0 Å². The summed E-state index contributed by atoms with van der Waals surface area (Å²) < 4.78 is 0. The number of rotatable bonds is 0. The standard InChI is InChI=1S/C6H6.Hg.HNO2/c1-2-4-6-5-3-1;;2-1-3/h1-6H;;(H,2,3). The molecule has 0 aliphatic heterocycles. The number of nitrogens with zero attached hydrogens (tertiary/aromatic N) is 1. The van der Waals surface area contributed by atoms with Crippen molar-refractivity contribution in [2.45, 2.75) is 0 Å². The predicted octanol–water partition coefficient (Wildman–Crippen LogP) is 1.83. The van der Waals surface area contributed by atoms with Crippen molar-refractivity contribution in [3.05, 3.63) is 41.3 Å². The van der Waals surface area contributed by atoms with Crippen molar-refractivity contribution in [2.75, 3.05) is 0 Å². The molecule has 0 radical (unpaired) electrons. The zero-order chi connectivity index (χ0) is 6.95. The molecule has 0 amide bonds. The molecule has 0 bridgehead atoms. The second-order valence-corrected chi connectivity index (χ2v) is 1.24. The molecule has 0 spiro atoms. The Morgan fingerprint density at radius 2 is 1.00 bits per heavy atom. The molecule has 0 heterocycles. The topological polar surface area (TPSA) is 49.7 Å². The van der Waals surface area contributed by atoms with Gasteiger partial charge in [-0.15, -0.1) is 4.91 Å². The molecule has 1 rings (SSSR count). The van der Waals surface area contributed by atoms with Gasteiger partial charge in [0.2, 0.25) is 0 Å². The Balaban J connectivity index is 0. The zero-order valence-corrected chi connectivity index (χ0v) is 11.0. The van der Waals surface area contributed by atoms with Gasteiger partial charge in [0, 0.05) is 27.7 Å².